The number of hydrogen-bond acceptors (Lipinski definition) is 3. The number of hydrogen-bond donors (Lipinski definition) is 1. The smallest absolute Gasteiger partial charge is 0.331 e. The number of para-hydroxylation sites is 1. The van der Waals surface area contributed by atoms with Crippen LogP contribution in [0.2, 0.25) is 0 Å². The van der Waals surface area contributed by atoms with Gasteiger partial charge < -0.3 is 10.1 Å². The summed E-state index contributed by atoms with van der Waals surface area (Å²) in [5, 5.41) is 2.81. The predicted molar refractivity (Wildman–Crippen MR) is 105 cm³/mol. The Morgan fingerprint density at radius 1 is 1.11 bits per heavy atom. The van der Waals surface area contributed by atoms with Gasteiger partial charge in [-0.25, -0.2) is 9.18 Å². The average molecular weight is 369 g/mol. The Balaban J connectivity index is 1.98. The summed E-state index contributed by atoms with van der Waals surface area (Å²) in [7, 11) is 0. The summed E-state index contributed by atoms with van der Waals surface area (Å²) in [6.45, 7) is 5.66. The second kappa shape index (κ2) is 9.67. The quantitative estimate of drug-likeness (QED) is 0.556. The minimum absolute atomic E-state index is 0.272. The van der Waals surface area contributed by atoms with Gasteiger partial charge >= 0.3 is 5.97 Å². The van der Waals surface area contributed by atoms with E-state index < -0.39 is 23.8 Å². The molecule has 5 heteroatoms. The van der Waals surface area contributed by atoms with E-state index in [4.69, 9.17) is 4.74 Å². The molecule has 2 aromatic rings. The molecule has 1 N–H and O–H groups in total. The molecular weight excluding hydrogens is 345 g/mol. The van der Waals surface area contributed by atoms with Crippen molar-refractivity contribution in [2.24, 2.45) is 0 Å². The van der Waals surface area contributed by atoms with Crippen LogP contribution in [0, 0.1) is 5.82 Å². The lowest BCUT2D eigenvalue weighted by molar-refractivity contribution is -0.148. The van der Waals surface area contributed by atoms with Gasteiger partial charge in [0, 0.05) is 17.3 Å². The van der Waals surface area contributed by atoms with Gasteiger partial charge in [0.1, 0.15) is 5.82 Å². The van der Waals surface area contributed by atoms with Crippen LogP contribution in [0.15, 0.2) is 54.6 Å². The second-order valence-corrected chi connectivity index (χ2v) is 6.32. The van der Waals surface area contributed by atoms with Gasteiger partial charge in [0.2, 0.25) is 0 Å². The number of benzene rings is 2. The number of ether oxygens (including phenoxy) is 1. The fraction of sp³-hybridized carbons (Fsp3) is 0.273. The van der Waals surface area contributed by atoms with Gasteiger partial charge in [-0.05, 0) is 43.0 Å². The Bertz CT molecular complexity index is 832. The Hall–Kier alpha value is -2.95. The lowest BCUT2D eigenvalue weighted by Gasteiger charge is -2.17. The summed E-state index contributed by atoms with van der Waals surface area (Å²) < 4.78 is 18.7. The summed E-state index contributed by atoms with van der Waals surface area (Å²) in [6.07, 6.45) is 2.39. The van der Waals surface area contributed by atoms with E-state index in [9.17, 15) is 14.0 Å². The van der Waals surface area contributed by atoms with Gasteiger partial charge in [0.05, 0.1) is 0 Å². The lowest BCUT2D eigenvalue weighted by atomic mass is 9.97. The molecule has 27 heavy (non-hydrogen) atoms. The number of halogens is 1. The lowest BCUT2D eigenvalue weighted by Crippen LogP contribution is -2.29. The normalized spacial score (nSPS) is 13.2. The number of amides is 1. The summed E-state index contributed by atoms with van der Waals surface area (Å²) in [4.78, 5) is 24.3. The number of rotatable bonds is 7. The summed E-state index contributed by atoms with van der Waals surface area (Å²) in [5.74, 6) is -1.27. The van der Waals surface area contributed by atoms with Crippen LogP contribution < -0.4 is 5.32 Å². The van der Waals surface area contributed by atoms with Crippen molar-refractivity contribution in [2.45, 2.75) is 39.2 Å². The van der Waals surface area contributed by atoms with Crippen molar-refractivity contribution >= 4 is 23.6 Å². The van der Waals surface area contributed by atoms with Gasteiger partial charge in [-0.1, -0.05) is 50.2 Å². The Morgan fingerprint density at radius 3 is 2.48 bits per heavy atom. The molecule has 1 amide bonds. The largest absolute Gasteiger partial charge is 0.449 e. The van der Waals surface area contributed by atoms with Gasteiger partial charge in [-0.3, -0.25) is 4.79 Å². The zero-order valence-corrected chi connectivity index (χ0v) is 15.7. The molecule has 0 saturated carbocycles. The molecule has 0 spiro atoms. The highest BCUT2D eigenvalue weighted by Crippen LogP contribution is 2.26. The van der Waals surface area contributed by atoms with E-state index in [1.165, 1.54) is 19.1 Å². The molecule has 0 fully saturated rings. The zero-order chi connectivity index (χ0) is 19.8. The number of anilines is 1. The van der Waals surface area contributed by atoms with Crippen LogP contribution in [0.4, 0.5) is 10.1 Å². The van der Waals surface area contributed by atoms with Crippen LogP contribution in [-0.4, -0.2) is 18.0 Å². The van der Waals surface area contributed by atoms with E-state index >= 15 is 0 Å². The molecule has 0 aliphatic carbocycles. The first-order valence-electron chi connectivity index (χ1n) is 8.95. The highest BCUT2D eigenvalue weighted by Gasteiger charge is 2.18. The van der Waals surface area contributed by atoms with E-state index in [2.05, 4.69) is 19.2 Å². The molecule has 0 saturated heterocycles. The molecule has 2 aromatic carbocycles. The molecule has 0 unspecified atom stereocenters. The van der Waals surface area contributed by atoms with Crippen LogP contribution in [0.25, 0.3) is 6.08 Å². The van der Waals surface area contributed by atoms with E-state index in [1.54, 1.807) is 18.2 Å². The predicted octanol–water partition coefficient (Wildman–Crippen LogP) is 4.92. The molecule has 0 aliphatic rings. The van der Waals surface area contributed by atoms with E-state index in [-0.39, 0.29) is 5.56 Å². The molecule has 0 aliphatic heterocycles. The third-order valence-electron chi connectivity index (χ3n) is 4.33. The van der Waals surface area contributed by atoms with Crippen molar-refractivity contribution in [1.82, 2.24) is 0 Å². The van der Waals surface area contributed by atoms with Crippen molar-refractivity contribution < 1.29 is 18.7 Å². The molecule has 0 heterocycles. The maximum absolute atomic E-state index is 13.5. The van der Waals surface area contributed by atoms with Crippen LogP contribution in [-0.2, 0) is 14.3 Å². The van der Waals surface area contributed by atoms with Crippen molar-refractivity contribution in [3.8, 4) is 0 Å². The Kier molecular flexibility index (Phi) is 7.29. The van der Waals surface area contributed by atoms with E-state index in [0.717, 1.165) is 18.1 Å². The van der Waals surface area contributed by atoms with Gasteiger partial charge in [-0.2, -0.15) is 0 Å². The Morgan fingerprint density at radius 2 is 1.78 bits per heavy atom. The zero-order valence-electron chi connectivity index (χ0n) is 15.7. The third-order valence-corrected chi connectivity index (χ3v) is 4.33. The highest BCUT2D eigenvalue weighted by molar-refractivity contribution is 5.97. The standard InChI is InChI=1S/C22H24FNO3/c1-4-15(2)18-10-6-8-12-20(18)24-22(26)16(3)27-21(25)14-13-17-9-5-7-11-19(17)23/h5-16H,4H2,1-3H3,(H,24,26)/b14-13+/t15-,16-/m0/s1. The van der Waals surface area contributed by atoms with Crippen LogP contribution in [0.1, 0.15) is 44.2 Å². The molecule has 0 aromatic heterocycles. The van der Waals surface area contributed by atoms with Crippen LogP contribution in [0.5, 0.6) is 0 Å². The first kappa shape index (κ1) is 20.4. The number of carbonyl (C=O) groups is 2. The topological polar surface area (TPSA) is 55.4 Å². The minimum atomic E-state index is -0.979. The third kappa shape index (κ3) is 5.78. The van der Waals surface area contributed by atoms with Crippen molar-refractivity contribution in [2.75, 3.05) is 5.32 Å². The van der Waals surface area contributed by atoms with Crippen molar-refractivity contribution in [3.63, 3.8) is 0 Å². The van der Waals surface area contributed by atoms with Gasteiger partial charge in [0.25, 0.3) is 5.91 Å². The molecule has 2 rings (SSSR count). The fourth-order valence-corrected chi connectivity index (χ4v) is 2.53. The molecule has 0 radical (unpaired) electrons. The van der Waals surface area contributed by atoms with Gasteiger partial charge in [0.15, 0.2) is 6.10 Å². The second-order valence-electron chi connectivity index (χ2n) is 6.32. The molecule has 4 nitrogen and oxygen atoms in total. The summed E-state index contributed by atoms with van der Waals surface area (Å²) in [6, 6.07) is 13.6. The maximum Gasteiger partial charge on any atom is 0.331 e. The van der Waals surface area contributed by atoms with Crippen molar-refractivity contribution in [1.29, 1.82) is 0 Å². The van der Waals surface area contributed by atoms with Crippen LogP contribution >= 0.6 is 0 Å². The minimum Gasteiger partial charge on any atom is -0.449 e. The fourth-order valence-electron chi connectivity index (χ4n) is 2.53. The first-order chi connectivity index (χ1) is 12.9. The number of nitrogens with one attached hydrogen (secondary N) is 1. The van der Waals surface area contributed by atoms with E-state index in [1.807, 2.05) is 24.3 Å². The number of esters is 1. The van der Waals surface area contributed by atoms with E-state index in [0.29, 0.717) is 11.6 Å². The Labute approximate surface area is 159 Å². The van der Waals surface area contributed by atoms with Crippen LogP contribution in [0.3, 0.4) is 0 Å². The van der Waals surface area contributed by atoms with Crippen molar-refractivity contribution in [3.05, 3.63) is 71.6 Å². The first-order valence-corrected chi connectivity index (χ1v) is 8.95. The highest BCUT2D eigenvalue weighted by atomic mass is 19.1. The maximum atomic E-state index is 13.5. The number of carbonyl (C=O) groups excluding carboxylic acids is 2. The molecular formula is C22H24FNO3. The SMILES string of the molecule is CC[C@H](C)c1ccccc1NC(=O)[C@H](C)OC(=O)/C=C/c1ccccc1F. The molecule has 2 atom stereocenters. The molecule has 142 valence electrons. The average Bonchev–Trinajstić information content (AvgIpc) is 2.67. The monoisotopic (exact) mass is 369 g/mol. The van der Waals surface area contributed by atoms with Gasteiger partial charge in [-0.15, -0.1) is 0 Å². The summed E-state index contributed by atoms with van der Waals surface area (Å²) in [5.41, 5.74) is 2.02. The molecule has 0 bridgehead atoms. The summed E-state index contributed by atoms with van der Waals surface area (Å²) >= 11 is 0.